The van der Waals surface area contributed by atoms with Crippen molar-refractivity contribution in [2.24, 2.45) is 0 Å². The molecule has 0 bridgehead atoms. The van der Waals surface area contributed by atoms with E-state index in [1.807, 2.05) is 41.3 Å². The van der Waals surface area contributed by atoms with Crippen LogP contribution in [0, 0.1) is 0 Å². The largest absolute Gasteiger partial charge is 0.497 e. The number of carboxylic acid groups (broad SMARTS) is 1. The fourth-order valence-corrected chi connectivity index (χ4v) is 3.34. The number of methoxy groups -OCH3 is 1. The predicted molar refractivity (Wildman–Crippen MR) is 94.7 cm³/mol. The lowest BCUT2D eigenvalue weighted by Gasteiger charge is -2.37. The van der Waals surface area contributed by atoms with E-state index in [0.29, 0.717) is 26.2 Å². The number of piperazine rings is 1. The van der Waals surface area contributed by atoms with Crippen LogP contribution >= 0.6 is 0 Å². The molecule has 1 saturated heterocycles. The summed E-state index contributed by atoms with van der Waals surface area (Å²) in [6.07, 6.45) is 0. The lowest BCUT2D eigenvalue weighted by Crippen LogP contribution is -2.50. The van der Waals surface area contributed by atoms with Crippen molar-refractivity contribution >= 4 is 22.6 Å². The minimum Gasteiger partial charge on any atom is -0.497 e. The maximum absolute atomic E-state index is 11.9. The quantitative estimate of drug-likeness (QED) is 0.922. The van der Waals surface area contributed by atoms with E-state index in [2.05, 4.69) is 0 Å². The summed E-state index contributed by atoms with van der Waals surface area (Å²) in [4.78, 5) is 27.0. The Labute approximate surface area is 146 Å². The van der Waals surface area contributed by atoms with Gasteiger partial charge >= 0.3 is 5.97 Å². The predicted octanol–water partition coefficient (Wildman–Crippen LogP) is 2.14. The summed E-state index contributed by atoms with van der Waals surface area (Å²) in [7, 11) is 1.62. The van der Waals surface area contributed by atoms with Crippen LogP contribution in [-0.2, 0) is 9.59 Å². The van der Waals surface area contributed by atoms with Crippen molar-refractivity contribution in [3.63, 3.8) is 0 Å². The van der Waals surface area contributed by atoms with E-state index in [1.54, 1.807) is 18.9 Å². The van der Waals surface area contributed by atoms with Crippen LogP contribution in [0.25, 0.3) is 10.8 Å². The highest BCUT2D eigenvalue weighted by atomic mass is 16.5. The Morgan fingerprint density at radius 2 is 1.68 bits per heavy atom. The van der Waals surface area contributed by atoms with E-state index in [0.717, 1.165) is 22.1 Å². The molecule has 1 unspecified atom stereocenters. The number of benzene rings is 2. The molecule has 1 aliphatic rings. The van der Waals surface area contributed by atoms with Crippen LogP contribution in [0.15, 0.2) is 36.4 Å². The summed E-state index contributed by atoms with van der Waals surface area (Å²) in [5.74, 6) is -0.0642. The third-order valence-electron chi connectivity index (χ3n) is 4.75. The van der Waals surface area contributed by atoms with Crippen molar-refractivity contribution in [1.29, 1.82) is 0 Å². The highest BCUT2D eigenvalue weighted by Crippen LogP contribution is 2.28. The number of carbonyl (C=O) groups excluding carboxylic acids is 1. The Hall–Kier alpha value is -2.60. The standard InChI is InChI=1S/C19H22N2O4/c1-13(22)20-7-9-21(10-8-20)18(19(23)24)16-4-3-15-12-17(25-2)6-5-14(15)11-16/h3-6,11-12,18H,7-10H2,1-2H3,(H,23,24). The summed E-state index contributed by atoms with van der Waals surface area (Å²) >= 11 is 0. The summed E-state index contributed by atoms with van der Waals surface area (Å²) < 4.78 is 5.23. The van der Waals surface area contributed by atoms with Crippen LogP contribution in [0.5, 0.6) is 5.75 Å². The molecule has 3 rings (SSSR count). The first kappa shape index (κ1) is 17.2. The lowest BCUT2D eigenvalue weighted by molar-refractivity contribution is -0.145. The maximum atomic E-state index is 11.9. The van der Waals surface area contributed by atoms with Crippen molar-refractivity contribution < 1.29 is 19.4 Å². The molecule has 1 amide bonds. The molecule has 1 heterocycles. The van der Waals surface area contributed by atoms with Gasteiger partial charge in [0.1, 0.15) is 11.8 Å². The maximum Gasteiger partial charge on any atom is 0.325 e. The number of nitrogens with zero attached hydrogens (tertiary/aromatic N) is 2. The molecular formula is C19H22N2O4. The Morgan fingerprint density at radius 3 is 2.28 bits per heavy atom. The van der Waals surface area contributed by atoms with Gasteiger partial charge in [0.25, 0.3) is 0 Å². The summed E-state index contributed by atoms with van der Waals surface area (Å²) in [5, 5.41) is 11.8. The number of hydrogen-bond donors (Lipinski definition) is 1. The Balaban J connectivity index is 1.87. The van der Waals surface area contributed by atoms with Crippen LogP contribution in [0.2, 0.25) is 0 Å². The van der Waals surface area contributed by atoms with Crippen LogP contribution in [0.4, 0.5) is 0 Å². The van der Waals surface area contributed by atoms with Gasteiger partial charge in [-0.3, -0.25) is 14.5 Å². The molecule has 0 radical (unpaired) electrons. The van der Waals surface area contributed by atoms with Crippen molar-refractivity contribution in [2.75, 3.05) is 33.3 Å². The average molecular weight is 342 g/mol. The molecule has 0 aliphatic carbocycles. The Bertz CT molecular complexity index is 797. The van der Waals surface area contributed by atoms with Gasteiger partial charge in [0, 0.05) is 33.1 Å². The first-order valence-corrected chi connectivity index (χ1v) is 8.29. The van der Waals surface area contributed by atoms with Crippen LogP contribution < -0.4 is 4.74 Å². The molecule has 1 aliphatic heterocycles. The lowest BCUT2D eigenvalue weighted by atomic mass is 10.00. The van der Waals surface area contributed by atoms with Crippen LogP contribution in [0.1, 0.15) is 18.5 Å². The summed E-state index contributed by atoms with van der Waals surface area (Å²) in [6.45, 7) is 3.77. The zero-order chi connectivity index (χ0) is 18.0. The molecular weight excluding hydrogens is 320 g/mol. The summed E-state index contributed by atoms with van der Waals surface area (Å²) in [5.41, 5.74) is 0.751. The van der Waals surface area contributed by atoms with Gasteiger partial charge in [0.15, 0.2) is 0 Å². The second-order valence-electron chi connectivity index (χ2n) is 6.26. The molecule has 6 nitrogen and oxygen atoms in total. The molecule has 0 aromatic heterocycles. The first-order valence-electron chi connectivity index (χ1n) is 8.29. The van der Waals surface area contributed by atoms with E-state index in [9.17, 15) is 14.7 Å². The number of fused-ring (bicyclic) bond motifs is 1. The van der Waals surface area contributed by atoms with Gasteiger partial charge in [0.2, 0.25) is 5.91 Å². The van der Waals surface area contributed by atoms with E-state index >= 15 is 0 Å². The minimum atomic E-state index is -0.871. The van der Waals surface area contributed by atoms with Crippen molar-refractivity contribution in [3.05, 3.63) is 42.0 Å². The highest BCUT2D eigenvalue weighted by Gasteiger charge is 2.30. The third kappa shape index (κ3) is 3.58. The first-order chi connectivity index (χ1) is 12.0. The van der Waals surface area contributed by atoms with Gasteiger partial charge in [-0.25, -0.2) is 0 Å². The normalized spacial score (nSPS) is 16.6. The molecule has 2 aromatic rings. The molecule has 1 atom stereocenters. The van der Waals surface area contributed by atoms with Crippen molar-refractivity contribution in [2.45, 2.75) is 13.0 Å². The number of carbonyl (C=O) groups is 2. The zero-order valence-electron chi connectivity index (χ0n) is 14.4. The van der Waals surface area contributed by atoms with Gasteiger partial charge in [-0.15, -0.1) is 0 Å². The SMILES string of the molecule is COc1ccc2cc(C(C(=O)O)N3CCN(C(C)=O)CC3)ccc2c1. The highest BCUT2D eigenvalue weighted by molar-refractivity contribution is 5.86. The van der Waals surface area contributed by atoms with Crippen LogP contribution in [-0.4, -0.2) is 60.1 Å². The van der Waals surface area contributed by atoms with Gasteiger partial charge < -0.3 is 14.7 Å². The number of ether oxygens (including phenoxy) is 1. The molecule has 1 fully saturated rings. The van der Waals surface area contributed by atoms with E-state index in [1.165, 1.54) is 0 Å². The Morgan fingerprint density at radius 1 is 1.04 bits per heavy atom. The van der Waals surface area contributed by atoms with Gasteiger partial charge in [-0.1, -0.05) is 18.2 Å². The van der Waals surface area contributed by atoms with E-state index in [4.69, 9.17) is 4.74 Å². The van der Waals surface area contributed by atoms with Crippen molar-refractivity contribution in [3.8, 4) is 5.75 Å². The number of hydrogen-bond acceptors (Lipinski definition) is 4. The Kier molecular flexibility index (Phi) is 4.90. The van der Waals surface area contributed by atoms with E-state index in [-0.39, 0.29) is 5.91 Å². The zero-order valence-corrected chi connectivity index (χ0v) is 14.4. The molecule has 25 heavy (non-hydrogen) atoms. The third-order valence-corrected chi connectivity index (χ3v) is 4.75. The number of aliphatic carboxylic acids is 1. The molecule has 1 N–H and O–H groups in total. The smallest absolute Gasteiger partial charge is 0.325 e. The van der Waals surface area contributed by atoms with Crippen molar-refractivity contribution in [1.82, 2.24) is 9.80 Å². The molecule has 0 saturated carbocycles. The monoisotopic (exact) mass is 342 g/mol. The molecule has 132 valence electrons. The number of carboxylic acids is 1. The molecule has 0 spiro atoms. The minimum absolute atomic E-state index is 0.0335. The molecule has 6 heteroatoms. The average Bonchev–Trinajstić information content (AvgIpc) is 2.61. The summed E-state index contributed by atoms with van der Waals surface area (Å²) in [6, 6.07) is 10.7. The second kappa shape index (κ2) is 7.11. The fourth-order valence-electron chi connectivity index (χ4n) is 3.34. The van der Waals surface area contributed by atoms with Crippen LogP contribution in [0.3, 0.4) is 0 Å². The van der Waals surface area contributed by atoms with E-state index < -0.39 is 12.0 Å². The van der Waals surface area contributed by atoms with Gasteiger partial charge in [-0.05, 0) is 34.5 Å². The van der Waals surface area contributed by atoms with Gasteiger partial charge in [-0.2, -0.15) is 0 Å². The molecule has 2 aromatic carbocycles. The fraction of sp³-hybridized carbons (Fsp3) is 0.368. The topological polar surface area (TPSA) is 70.1 Å². The van der Waals surface area contributed by atoms with Gasteiger partial charge in [0.05, 0.1) is 7.11 Å². The number of amides is 1. The number of rotatable bonds is 4. The second-order valence-corrected chi connectivity index (χ2v) is 6.26.